The van der Waals surface area contributed by atoms with Crippen LogP contribution >= 0.6 is 0 Å². The van der Waals surface area contributed by atoms with Gasteiger partial charge in [-0.1, -0.05) is 30.3 Å². The van der Waals surface area contributed by atoms with E-state index >= 15 is 0 Å². The first-order valence-electron chi connectivity index (χ1n) is 7.29. The largest absolute Gasteiger partial charge is 0.344 e. The van der Waals surface area contributed by atoms with Gasteiger partial charge in [0.1, 0.15) is 5.69 Å². The molecule has 0 radical (unpaired) electrons. The summed E-state index contributed by atoms with van der Waals surface area (Å²) in [7, 11) is 1.76. The quantitative estimate of drug-likeness (QED) is 0.910. The van der Waals surface area contributed by atoms with Gasteiger partial charge < -0.3 is 9.80 Å². The standard InChI is InChI=1S/C16H18N4O2/c1-19-9-10-20(8-7-15(19)21)16(22)14-11-13(17-18-14)12-5-3-2-4-6-12/h2-6,11H,7-10H2,1H3,(H,17,18). The summed E-state index contributed by atoms with van der Waals surface area (Å²) in [6.45, 7) is 1.55. The van der Waals surface area contributed by atoms with Gasteiger partial charge in [0.25, 0.3) is 5.91 Å². The highest BCUT2D eigenvalue weighted by atomic mass is 16.2. The zero-order valence-corrected chi connectivity index (χ0v) is 12.5. The van der Waals surface area contributed by atoms with Crippen LogP contribution in [0.5, 0.6) is 0 Å². The molecule has 0 aliphatic carbocycles. The Morgan fingerprint density at radius 3 is 2.73 bits per heavy atom. The Morgan fingerprint density at radius 1 is 1.18 bits per heavy atom. The lowest BCUT2D eigenvalue weighted by Crippen LogP contribution is -2.34. The minimum atomic E-state index is -0.113. The molecule has 3 rings (SSSR count). The number of hydrogen-bond acceptors (Lipinski definition) is 3. The zero-order valence-electron chi connectivity index (χ0n) is 12.5. The second-order valence-corrected chi connectivity index (χ2v) is 5.39. The second-order valence-electron chi connectivity index (χ2n) is 5.39. The third kappa shape index (κ3) is 2.86. The van der Waals surface area contributed by atoms with Crippen molar-refractivity contribution in [3.05, 3.63) is 42.1 Å². The summed E-state index contributed by atoms with van der Waals surface area (Å²) in [5, 5.41) is 7.01. The molecule has 6 nitrogen and oxygen atoms in total. The number of rotatable bonds is 2. The van der Waals surface area contributed by atoms with Gasteiger partial charge in [-0.3, -0.25) is 14.7 Å². The van der Waals surface area contributed by atoms with Gasteiger partial charge in [0, 0.05) is 38.7 Å². The van der Waals surface area contributed by atoms with Crippen LogP contribution < -0.4 is 0 Å². The first-order valence-corrected chi connectivity index (χ1v) is 7.29. The summed E-state index contributed by atoms with van der Waals surface area (Å²) in [6, 6.07) is 11.5. The first-order chi connectivity index (χ1) is 10.6. The summed E-state index contributed by atoms with van der Waals surface area (Å²) >= 11 is 0. The number of H-pyrrole nitrogens is 1. The maximum atomic E-state index is 12.5. The summed E-state index contributed by atoms with van der Waals surface area (Å²) in [6.07, 6.45) is 0.363. The molecule has 2 heterocycles. The van der Waals surface area contributed by atoms with Crippen molar-refractivity contribution < 1.29 is 9.59 Å². The summed E-state index contributed by atoms with van der Waals surface area (Å²) in [4.78, 5) is 27.6. The van der Waals surface area contributed by atoms with Crippen LogP contribution in [0.3, 0.4) is 0 Å². The number of amides is 2. The Labute approximate surface area is 128 Å². The molecule has 1 aromatic heterocycles. The fraction of sp³-hybridized carbons (Fsp3) is 0.312. The highest BCUT2D eigenvalue weighted by Gasteiger charge is 2.23. The fourth-order valence-electron chi connectivity index (χ4n) is 2.49. The molecule has 0 spiro atoms. The van der Waals surface area contributed by atoms with E-state index in [4.69, 9.17) is 0 Å². The van der Waals surface area contributed by atoms with E-state index in [2.05, 4.69) is 10.2 Å². The van der Waals surface area contributed by atoms with Gasteiger partial charge in [-0.05, 0) is 6.07 Å². The molecular formula is C16H18N4O2. The van der Waals surface area contributed by atoms with Crippen molar-refractivity contribution in [2.24, 2.45) is 0 Å². The van der Waals surface area contributed by atoms with Crippen molar-refractivity contribution >= 4 is 11.8 Å². The number of aromatic amines is 1. The van der Waals surface area contributed by atoms with Crippen LogP contribution in [0, 0.1) is 0 Å². The van der Waals surface area contributed by atoms with Crippen LogP contribution in [0.2, 0.25) is 0 Å². The number of carbonyl (C=O) groups is 2. The molecule has 0 unspecified atom stereocenters. The smallest absolute Gasteiger partial charge is 0.271 e. The molecule has 0 bridgehead atoms. The number of nitrogens with one attached hydrogen (secondary N) is 1. The fourth-order valence-corrected chi connectivity index (χ4v) is 2.49. The van der Waals surface area contributed by atoms with E-state index in [0.717, 1.165) is 11.3 Å². The summed E-state index contributed by atoms with van der Waals surface area (Å²) in [5.41, 5.74) is 2.16. The van der Waals surface area contributed by atoms with Gasteiger partial charge in [-0.25, -0.2) is 0 Å². The first kappa shape index (κ1) is 14.3. The van der Waals surface area contributed by atoms with E-state index in [1.807, 2.05) is 30.3 Å². The number of carbonyl (C=O) groups excluding carboxylic acids is 2. The Morgan fingerprint density at radius 2 is 1.95 bits per heavy atom. The maximum Gasteiger partial charge on any atom is 0.271 e. The van der Waals surface area contributed by atoms with E-state index in [0.29, 0.717) is 31.7 Å². The van der Waals surface area contributed by atoms with E-state index < -0.39 is 0 Å². The van der Waals surface area contributed by atoms with Crippen LogP contribution in [0.25, 0.3) is 11.3 Å². The van der Waals surface area contributed by atoms with Crippen LogP contribution in [0.4, 0.5) is 0 Å². The van der Waals surface area contributed by atoms with Crippen molar-refractivity contribution in [3.63, 3.8) is 0 Å². The van der Waals surface area contributed by atoms with E-state index in [1.165, 1.54) is 0 Å². The molecule has 22 heavy (non-hydrogen) atoms. The number of hydrogen-bond donors (Lipinski definition) is 1. The van der Waals surface area contributed by atoms with Gasteiger partial charge >= 0.3 is 0 Å². The predicted molar refractivity (Wildman–Crippen MR) is 82.2 cm³/mol. The number of benzene rings is 1. The average molecular weight is 298 g/mol. The molecule has 2 amide bonds. The molecule has 6 heteroatoms. The van der Waals surface area contributed by atoms with Gasteiger partial charge in [-0.15, -0.1) is 0 Å². The number of nitrogens with zero attached hydrogens (tertiary/aromatic N) is 3. The van der Waals surface area contributed by atoms with Crippen molar-refractivity contribution in [3.8, 4) is 11.3 Å². The molecule has 2 aromatic rings. The molecule has 1 N–H and O–H groups in total. The molecule has 1 aliphatic heterocycles. The molecule has 0 saturated carbocycles. The van der Waals surface area contributed by atoms with Crippen LogP contribution in [-0.4, -0.2) is 58.5 Å². The van der Waals surface area contributed by atoms with E-state index in [-0.39, 0.29) is 11.8 Å². The maximum absolute atomic E-state index is 12.5. The van der Waals surface area contributed by atoms with Crippen molar-refractivity contribution in [1.29, 1.82) is 0 Å². The lowest BCUT2D eigenvalue weighted by Gasteiger charge is -2.19. The second kappa shape index (κ2) is 6.01. The Bertz CT molecular complexity index is 680. The van der Waals surface area contributed by atoms with Gasteiger partial charge in [0.05, 0.1) is 5.69 Å². The summed E-state index contributed by atoms with van der Waals surface area (Å²) < 4.78 is 0. The van der Waals surface area contributed by atoms with Crippen molar-refractivity contribution in [2.45, 2.75) is 6.42 Å². The molecule has 1 fully saturated rings. The number of likely N-dealkylation sites (N-methyl/N-ethyl adjacent to an activating group) is 1. The van der Waals surface area contributed by atoms with Crippen molar-refractivity contribution in [1.82, 2.24) is 20.0 Å². The zero-order chi connectivity index (χ0) is 15.5. The minimum Gasteiger partial charge on any atom is -0.344 e. The van der Waals surface area contributed by atoms with E-state index in [1.54, 1.807) is 22.9 Å². The third-order valence-corrected chi connectivity index (χ3v) is 3.89. The molecule has 0 atom stereocenters. The topological polar surface area (TPSA) is 69.3 Å². The van der Waals surface area contributed by atoms with Crippen LogP contribution in [0.1, 0.15) is 16.9 Å². The van der Waals surface area contributed by atoms with Crippen molar-refractivity contribution in [2.75, 3.05) is 26.7 Å². The van der Waals surface area contributed by atoms with Crippen LogP contribution in [0.15, 0.2) is 36.4 Å². The monoisotopic (exact) mass is 298 g/mol. The third-order valence-electron chi connectivity index (χ3n) is 3.89. The Kier molecular flexibility index (Phi) is 3.91. The minimum absolute atomic E-state index is 0.0740. The molecular weight excluding hydrogens is 280 g/mol. The lowest BCUT2D eigenvalue weighted by molar-refractivity contribution is -0.129. The SMILES string of the molecule is CN1CCN(C(=O)c2cc(-c3ccccc3)n[nH]2)CCC1=O. The van der Waals surface area contributed by atoms with E-state index in [9.17, 15) is 9.59 Å². The van der Waals surface area contributed by atoms with Gasteiger partial charge in [0.15, 0.2) is 0 Å². The lowest BCUT2D eigenvalue weighted by atomic mass is 10.1. The molecule has 114 valence electrons. The average Bonchev–Trinajstić information content (AvgIpc) is 2.98. The highest BCUT2D eigenvalue weighted by Crippen LogP contribution is 2.18. The summed E-state index contributed by atoms with van der Waals surface area (Å²) in [5.74, 6) is -0.0392. The highest BCUT2D eigenvalue weighted by molar-refractivity contribution is 5.94. The molecule has 1 aliphatic rings. The Balaban J connectivity index is 1.76. The molecule has 1 aromatic carbocycles. The van der Waals surface area contributed by atoms with Crippen LogP contribution in [-0.2, 0) is 4.79 Å². The Hall–Kier alpha value is -2.63. The molecule has 1 saturated heterocycles. The predicted octanol–water partition coefficient (Wildman–Crippen LogP) is 1.38. The van der Waals surface area contributed by atoms with Gasteiger partial charge in [-0.2, -0.15) is 5.10 Å². The number of aromatic nitrogens is 2. The normalized spacial score (nSPS) is 15.8. The van der Waals surface area contributed by atoms with Gasteiger partial charge in [0.2, 0.25) is 5.91 Å².